The third kappa shape index (κ3) is 5.44. The minimum Gasteiger partial charge on any atom is -0.481 e. The van der Waals surface area contributed by atoms with Gasteiger partial charge in [-0.15, -0.1) is 0 Å². The smallest absolute Gasteiger partial charge is 0.343 e. The van der Waals surface area contributed by atoms with Crippen LogP contribution >= 0.6 is 11.6 Å². The lowest BCUT2D eigenvalue weighted by Crippen LogP contribution is -2.19. The van der Waals surface area contributed by atoms with E-state index >= 15 is 0 Å². The number of ether oxygens (including phenoxy) is 2. The number of aryl methyl sites for hydroxylation is 1. The van der Waals surface area contributed by atoms with E-state index in [9.17, 15) is 9.59 Å². The summed E-state index contributed by atoms with van der Waals surface area (Å²) in [4.78, 5) is 28.9. The number of anilines is 2. The largest absolute Gasteiger partial charge is 0.481 e. The zero-order valence-corrected chi connectivity index (χ0v) is 19.3. The van der Waals surface area contributed by atoms with Crippen LogP contribution in [0.5, 0.6) is 5.75 Å². The monoisotopic (exact) mass is 475 g/mol. The second-order valence-electron chi connectivity index (χ2n) is 7.50. The Balaban J connectivity index is 1.66. The Labute approximate surface area is 201 Å². The average Bonchev–Trinajstić information content (AvgIpc) is 2.84. The molecular formula is C26H22ClN3O4. The zero-order chi connectivity index (χ0) is 24.1. The molecule has 0 aliphatic heterocycles. The Morgan fingerprint density at radius 1 is 0.971 bits per heavy atom. The van der Waals surface area contributed by atoms with E-state index in [0.29, 0.717) is 33.1 Å². The van der Waals surface area contributed by atoms with Crippen molar-refractivity contribution in [3.8, 4) is 17.0 Å². The predicted molar refractivity (Wildman–Crippen MR) is 134 cm³/mol. The molecule has 7 nitrogen and oxygen atoms in total. The summed E-state index contributed by atoms with van der Waals surface area (Å²) in [7, 11) is 1.30. The zero-order valence-electron chi connectivity index (χ0n) is 18.6. The summed E-state index contributed by atoms with van der Waals surface area (Å²) in [6.07, 6.45) is 0. The molecule has 0 aliphatic rings. The van der Waals surface area contributed by atoms with Crippen molar-refractivity contribution in [2.75, 3.05) is 24.4 Å². The van der Waals surface area contributed by atoms with Gasteiger partial charge in [0.05, 0.1) is 18.3 Å². The van der Waals surface area contributed by atoms with E-state index in [1.807, 2.05) is 43.3 Å². The topological polar surface area (TPSA) is 89.6 Å². The van der Waals surface area contributed by atoms with Crippen LogP contribution in [0.2, 0.25) is 5.02 Å². The highest BCUT2D eigenvalue weighted by atomic mass is 35.5. The Morgan fingerprint density at radius 2 is 1.74 bits per heavy atom. The van der Waals surface area contributed by atoms with Crippen LogP contribution in [0.4, 0.5) is 16.2 Å². The van der Waals surface area contributed by atoms with Crippen LogP contribution in [0.3, 0.4) is 0 Å². The van der Waals surface area contributed by atoms with Gasteiger partial charge in [0.1, 0.15) is 5.75 Å². The molecule has 0 aliphatic carbocycles. The second-order valence-corrected chi connectivity index (χ2v) is 7.94. The van der Waals surface area contributed by atoms with Crippen LogP contribution in [0.1, 0.15) is 5.56 Å². The lowest BCUT2D eigenvalue weighted by molar-refractivity contribution is -0.142. The second kappa shape index (κ2) is 10.2. The standard InChI is InChI=1S/C26H22ClN3O4/c1-16-5-3-4-6-21(16)30-26(32)28-19-11-12-22-20(13-19)24(34-15-25(31)33-2)14-23(29-22)17-7-9-18(27)10-8-17/h3-14H,15H2,1-2H3,(H2,28,30,32). The number of halogens is 1. The van der Waals surface area contributed by atoms with Crippen molar-refractivity contribution in [2.45, 2.75) is 6.92 Å². The lowest BCUT2D eigenvalue weighted by atomic mass is 10.1. The maximum absolute atomic E-state index is 12.5. The summed E-state index contributed by atoms with van der Waals surface area (Å²) < 4.78 is 10.5. The number of nitrogens with one attached hydrogen (secondary N) is 2. The highest BCUT2D eigenvalue weighted by Gasteiger charge is 2.13. The van der Waals surface area contributed by atoms with Crippen LogP contribution in [-0.2, 0) is 9.53 Å². The van der Waals surface area contributed by atoms with Gasteiger partial charge in [-0.1, -0.05) is 41.9 Å². The molecule has 3 aromatic carbocycles. The van der Waals surface area contributed by atoms with E-state index in [2.05, 4.69) is 10.6 Å². The average molecular weight is 476 g/mol. The van der Waals surface area contributed by atoms with Crippen LogP contribution in [-0.4, -0.2) is 30.7 Å². The molecule has 4 rings (SSSR count). The van der Waals surface area contributed by atoms with Gasteiger partial charge in [0, 0.05) is 33.4 Å². The number of carbonyl (C=O) groups is 2. The van der Waals surface area contributed by atoms with Crippen molar-refractivity contribution in [1.82, 2.24) is 4.98 Å². The van der Waals surface area contributed by atoms with Crippen molar-refractivity contribution in [1.29, 1.82) is 0 Å². The normalized spacial score (nSPS) is 10.6. The van der Waals surface area contributed by atoms with Crippen molar-refractivity contribution in [3.05, 3.63) is 83.4 Å². The molecule has 8 heteroatoms. The number of hydrogen-bond donors (Lipinski definition) is 2. The molecule has 0 atom stereocenters. The molecule has 4 aromatic rings. The SMILES string of the molecule is COC(=O)COc1cc(-c2ccc(Cl)cc2)nc2ccc(NC(=O)Nc3ccccc3C)cc12. The predicted octanol–water partition coefficient (Wildman–Crippen LogP) is 6.06. The van der Waals surface area contributed by atoms with Gasteiger partial charge in [0.15, 0.2) is 6.61 Å². The number of esters is 1. The van der Waals surface area contributed by atoms with E-state index in [4.69, 9.17) is 26.1 Å². The number of nitrogens with zero attached hydrogens (tertiary/aromatic N) is 1. The van der Waals surface area contributed by atoms with E-state index in [1.54, 1.807) is 36.4 Å². The van der Waals surface area contributed by atoms with E-state index in [1.165, 1.54) is 7.11 Å². The molecular weight excluding hydrogens is 454 g/mol. The highest BCUT2D eigenvalue weighted by molar-refractivity contribution is 6.30. The lowest BCUT2D eigenvalue weighted by Gasteiger charge is -2.13. The van der Waals surface area contributed by atoms with Crippen molar-refractivity contribution in [2.24, 2.45) is 0 Å². The number of para-hydroxylation sites is 1. The van der Waals surface area contributed by atoms with E-state index in [-0.39, 0.29) is 12.6 Å². The summed E-state index contributed by atoms with van der Waals surface area (Å²) >= 11 is 6.01. The number of rotatable bonds is 6. The maximum atomic E-state index is 12.5. The molecule has 34 heavy (non-hydrogen) atoms. The molecule has 0 bridgehead atoms. The summed E-state index contributed by atoms with van der Waals surface area (Å²) in [6.45, 7) is 1.65. The minimum absolute atomic E-state index is 0.263. The Kier molecular flexibility index (Phi) is 6.94. The summed E-state index contributed by atoms with van der Waals surface area (Å²) in [5.41, 5.74) is 4.35. The Morgan fingerprint density at radius 3 is 2.47 bits per heavy atom. The molecule has 2 amide bonds. The van der Waals surface area contributed by atoms with Gasteiger partial charge in [-0.2, -0.15) is 0 Å². The Hall–Kier alpha value is -4.10. The third-order valence-electron chi connectivity index (χ3n) is 5.14. The van der Waals surface area contributed by atoms with Crippen LogP contribution in [0.15, 0.2) is 72.8 Å². The minimum atomic E-state index is -0.509. The molecule has 0 spiro atoms. The molecule has 0 saturated heterocycles. The van der Waals surface area contributed by atoms with E-state index in [0.717, 1.165) is 16.8 Å². The number of urea groups is 1. The summed E-state index contributed by atoms with van der Waals surface area (Å²) in [5, 5.41) is 6.91. The quantitative estimate of drug-likeness (QED) is 0.331. The molecule has 1 heterocycles. The maximum Gasteiger partial charge on any atom is 0.343 e. The first-order valence-corrected chi connectivity index (χ1v) is 10.8. The molecule has 0 saturated carbocycles. The van der Waals surface area contributed by atoms with Gasteiger partial charge in [0.2, 0.25) is 0 Å². The first-order chi connectivity index (χ1) is 16.4. The van der Waals surface area contributed by atoms with Gasteiger partial charge >= 0.3 is 12.0 Å². The third-order valence-corrected chi connectivity index (χ3v) is 5.39. The van der Waals surface area contributed by atoms with Crippen molar-refractivity contribution < 1.29 is 19.1 Å². The fourth-order valence-corrected chi connectivity index (χ4v) is 3.48. The fourth-order valence-electron chi connectivity index (χ4n) is 3.35. The number of benzene rings is 3. The molecule has 2 N–H and O–H groups in total. The number of fused-ring (bicyclic) bond motifs is 1. The molecule has 1 aromatic heterocycles. The molecule has 0 radical (unpaired) electrons. The van der Waals surface area contributed by atoms with E-state index < -0.39 is 5.97 Å². The van der Waals surface area contributed by atoms with Gasteiger partial charge in [-0.05, 0) is 48.9 Å². The number of methoxy groups -OCH3 is 1. The number of hydrogen-bond acceptors (Lipinski definition) is 5. The molecule has 172 valence electrons. The fraction of sp³-hybridized carbons (Fsp3) is 0.115. The Bertz CT molecular complexity index is 1360. The van der Waals surface area contributed by atoms with Gasteiger partial charge in [-0.3, -0.25) is 0 Å². The van der Waals surface area contributed by atoms with Gasteiger partial charge < -0.3 is 20.1 Å². The van der Waals surface area contributed by atoms with Gasteiger partial charge in [0.25, 0.3) is 0 Å². The summed E-state index contributed by atoms with van der Waals surface area (Å²) in [5.74, 6) is -0.0757. The summed E-state index contributed by atoms with van der Waals surface area (Å²) in [6, 6.07) is 21.4. The number of aromatic nitrogens is 1. The first-order valence-electron chi connectivity index (χ1n) is 10.5. The first kappa shape index (κ1) is 23.1. The van der Waals surface area contributed by atoms with Gasteiger partial charge in [-0.25, -0.2) is 14.6 Å². The van der Waals surface area contributed by atoms with Crippen LogP contribution < -0.4 is 15.4 Å². The molecule has 0 fully saturated rings. The number of pyridine rings is 1. The van der Waals surface area contributed by atoms with Crippen LogP contribution in [0.25, 0.3) is 22.2 Å². The highest BCUT2D eigenvalue weighted by Crippen LogP contribution is 2.32. The van der Waals surface area contributed by atoms with Crippen molar-refractivity contribution >= 4 is 45.9 Å². The van der Waals surface area contributed by atoms with Crippen LogP contribution in [0, 0.1) is 6.92 Å². The number of amides is 2. The van der Waals surface area contributed by atoms with Crippen molar-refractivity contribution in [3.63, 3.8) is 0 Å². The number of carbonyl (C=O) groups excluding carboxylic acids is 2. The molecule has 0 unspecified atom stereocenters.